The Bertz CT molecular complexity index is 1180. The molecule has 0 radical (unpaired) electrons. The molecule has 2 heterocycles. The predicted molar refractivity (Wildman–Crippen MR) is 124 cm³/mol. The van der Waals surface area contributed by atoms with Crippen LogP contribution in [0.1, 0.15) is 28.7 Å². The number of anilines is 1. The molecule has 7 nitrogen and oxygen atoms in total. The fraction of sp³-hybridized carbons (Fsp3) is 0.136. The lowest BCUT2D eigenvalue weighted by atomic mass is 10.1. The summed E-state index contributed by atoms with van der Waals surface area (Å²) in [4.78, 5) is 21.6. The van der Waals surface area contributed by atoms with Crippen LogP contribution in [0.25, 0.3) is 5.69 Å². The molecule has 0 atom stereocenters. The fourth-order valence-electron chi connectivity index (χ4n) is 3.02. The Hall–Kier alpha value is -3.04. The third-order valence-electron chi connectivity index (χ3n) is 4.58. The molecular formula is C22H19BrN6OS. The summed E-state index contributed by atoms with van der Waals surface area (Å²) in [6.45, 7) is 2.05. The monoisotopic (exact) mass is 494 g/mol. The van der Waals surface area contributed by atoms with Crippen LogP contribution in [0, 0.1) is 0 Å². The van der Waals surface area contributed by atoms with E-state index in [-0.39, 0.29) is 11.6 Å². The van der Waals surface area contributed by atoms with Crippen molar-refractivity contribution in [3.8, 4) is 5.69 Å². The van der Waals surface area contributed by atoms with E-state index in [9.17, 15) is 4.79 Å². The molecule has 0 unspecified atom stereocenters. The molecule has 31 heavy (non-hydrogen) atoms. The lowest BCUT2D eigenvalue weighted by molar-refractivity contribution is 0.102. The highest BCUT2D eigenvalue weighted by molar-refractivity contribution is 9.10. The van der Waals surface area contributed by atoms with E-state index in [0.717, 1.165) is 27.8 Å². The smallest absolute Gasteiger partial charge is 0.278 e. The Morgan fingerprint density at radius 2 is 1.81 bits per heavy atom. The zero-order valence-corrected chi connectivity index (χ0v) is 19.1. The van der Waals surface area contributed by atoms with Gasteiger partial charge in [-0.3, -0.25) is 4.79 Å². The molecule has 2 aromatic heterocycles. The maximum absolute atomic E-state index is 13.1. The van der Waals surface area contributed by atoms with Crippen LogP contribution < -0.4 is 5.32 Å². The minimum atomic E-state index is -0.297. The van der Waals surface area contributed by atoms with E-state index < -0.39 is 0 Å². The third kappa shape index (κ3) is 5.00. The van der Waals surface area contributed by atoms with Crippen molar-refractivity contribution in [2.45, 2.75) is 24.3 Å². The maximum atomic E-state index is 13.1. The number of aryl methyl sites for hydroxylation is 1. The average Bonchev–Trinajstić information content (AvgIpc) is 3.23. The van der Waals surface area contributed by atoms with Crippen molar-refractivity contribution in [1.29, 1.82) is 0 Å². The molecule has 0 saturated carbocycles. The van der Waals surface area contributed by atoms with Crippen LogP contribution in [0.5, 0.6) is 0 Å². The lowest BCUT2D eigenvalue weighted by Gasteiger charge is -2.10. The largest absolute Gasteiger partial charge is 0.320 e. The number of thioether (sulfide) groups is 1. The van der Waals surface area contributed by atoms with Gasteiger partial charge in [0, 0.05) is 28.3 Å². The Morgan fingerprint density at radius 3 is 2.55 bits per heavy atom. The first-order valence-electron chi connectivity index (χ1n) is 9.65. The Morgan fingerprint density at radius 1 is 1.06 bits per heavy atom. The highest BCUT2D eigenvalue weighted by atomic mass is 79.9. The summed E-state index contributed by atoms with van der Waals surface area (Å²) in [6.07, 6.45) is 4.19. The zero-order chi connectivity index (χ0) is 21.6. The quantitative estimate of drug-likeness (QED) is 0.289. The fourth-order valence-corrected chi connectivity index (χ4v) is 4.08. The van der Waals surface area contributed by atoms with Crippen LogP contribution in [0.3, 0.4) is 0 Å². The van der Waals surface area contributed by atoms with Crippen LogP contribution in [0.2, 0.25) is 0 Å². The van der Waals surface area contributed by atoms with Crippen molar-refractivity contribution in [1.82, 2.24) is 25.0 Å². The number of aromatic nitrogens is 5. The van der Waals surface area contributed by atoms with Gasteiger partial charge in [-0.25, -0.2) is 14.6 Å². The Kier molecular flexibility index (Phi) is 6.73. The third-order valence-corrected chi connectivity index (χ3v) is 5.99. The summed E-state index contributed by atoms with van der Waals surface area (Å²) in [7, 11) is 0. The molecule has 0 saturated heterocycles. The summed E-state index contributed by atoms with van der Waals surface area (Å²) in [5.41, 5.74) is 3.60. The van der Waals surface area contributed by atoms with Crippen molar-refractivity contribution in [2.75, 3.05) is 5.32 Å². The van der Waals surface area contributed by atoms with Crippen LogP contribution in [-0.4, -0.2) is 30.9 Å². The van der Waals surface area contributed by atoms with Crippen molar-refractivity contribution < 1.29 is 4.79 Å². The van der Waals surface area contributed by atoms with Gasteiger partial charge in [0.25, 0.3) is 5.91 Å². The number of nitrogens with one attached hydrogen (secondary N) is 1. The van der Waals surface area contributed by atoms with Crippen LogP contribution in [-0.2, 0) is 12.2 Å². The van der Waals surface area contributed by atoms with Gasteiger partial charge in [0.05, 0.1) is 11.4 Å². The number of hydrogen-bond donors (Lipinski definition) is 1. The molecular weight excluding hydrogens is 476 g/mol. The summed E-state index contributed by atoms with van der Waals surface area (Å²) >= 11 is 4.87. The summed E-state index contributed by atoms with van der Waals surface area (Å²) in [6, 6.07) is 17.2. The molecule has 0 fully saturated rings. The molecule has 156 valence electrons. The van der Waals surface area contributed by atoms with Gasteiger partial charge in [-0.15, -0.1) is 5.10 Å². The second-order valence-electron chi connectivity index (χ2n) is 6.56. The molecule has 0 aliphatic carbocycles. The van der Waals surface area contributed by atoms with Crippen molar-refractivity contribution in [3.63, 3.8) is 0 Å². The molecule has 0 spiro atoms. The first-order valence-corrected chi connectivity index (χ1v) is 11.4. The second kappa shape index (κ2) is 9.84. The highest BCUT2D eigenvalue weighted by Gasteiger charge is 2.22. The number of para-hydroxylation sites is 1. The number of nitrogens with zero attached hydrogens (tertiary/aromatic N) is 5. The molecule has 1 amide bonds. The van der Waals surface area contributed by atoms with E-state index in [1.807, 2.05) is 48.5 Å². The Balaban J connectivity index is 1.67. The lowest BCUT2D eigenvalue weighted by Crippen LogP contribution is -2.16. The second-order valence-corrected chi connectivity index (χ2v) is 8.42. The molecule has 1 N–H and O–H groups in total. The molecule has 4 rings (SSSR count). The summed E-state index contributed by atoms with van der Waals surface area (Å²) in [5.74, 6) is 0.138. The Labute approximate surface area is 192 Å². The standard InChI is InChI=1S/C22H19BrN6OS/c1-2-15-6-3-4-7-18(15)26-21(30)20-19(14-31-22-24-12-5-13-25-22)29(28-27-20)17-10-8-16(23)9-11-17/h3-13H,2,14H2,1H3,(H,26,30). The van der Waals surface area contributed by atoms with Crippen LogP contribution >= 0.6 is 27.7 Å². The average molecular weight is 495 g/mol. The van der Waals surface area contributed by atoms with Crippen molar-refractivity contribution >= 4 is 39.3 Å². The van der Waals surface area contributed by atoms with Crippen LogP contribution in [0.15, 0.2) is 76.6 Å². The van der Waals surface area contributed by atoms with E-state index >= 15 is 0 Å². The first-order chi connectivity index (χ1) is 15.2. The van der Waals surface area contributed by atoms with Gasteiger partial charge in [0.15, 0.2) is 10.9 Å². The van der Waals surface area contributed by atoms with E-state index in [0.29, 0.717) is 16.6 Å². The van der Waals surface area contributed by atoms with E-state index in [2.05, 4.69) is 48.5 Å². The minimum absolute atomic E-state index is 0.275. The van der Waals surface area contributed by atoms with E-state index in [1.54, 1.807) is 23.1 Å². The van der Waals surface area contributed by atoms with E-state index in [1.165, 1.54) is 11.8 Å². The summed E-state index contributed by atoms with van der Waals surface area (Å²) in [5, 5.41) is 12.1. The van der Waals surface area contributed by atoms with Gasteiger partial charge in [-0.2, -0.15) is 0 Å². The minimum Gasteiger partial charge on any atom is -0.320 e. The maximum Gasteiger partial charge on any atom is 0.278 e. The van der Waals surface area contributed by atoms with Crippen molar-refractivity contribution in [3.05, 3.63) is 88.4 Å². The van der Waals surface area contributed by atoms with Crippen molar-refractivity contribution in [2.24, 2.45) is 0 Å². The predicted octanol–water partition coefficient (Wildman–Crippen LogP) is 4.93. The SMILES string of the molecule is CCc1ccccc1NC(=O)c1nnn(-c2ccc(Br)cc2)c1CSc1ncccn1. The van der Waals surface area contributed by atoms with Gasteiger partial charge in [-0.05, 0) is 48.4 Å². The summed E-state index contributed by atoms with van der Waals surface area (Å²) < 4.78 is 2.64. The van der Waals surface area contributed by atoms with Gasteiger partial charge in [0.2, 0.25) is 0 Å². The highest BCUT2D eigenvalue weighted by Crippen LogP contribution is 2.25. The number of halogens is 1. The van der Waals surface area contributed by atoms with Gasteiger partial charge >= 0.3 is 0 Å². The van der Waals surface area contributed by atoms with Gasteiger partial charge in [0.1, 0.15) is 0 Å². The molecule has 0 aliphatic rings. The van der Waals surface area contributed by atoms with Crippen LogP contribution in [0.4, 0.5) is 5.69 Å². The number of carbonyl (C=O) groups excluding carboxylic acids is 1. The van der Waals surface area contributed by atoms with E-state index in [4.69, 9.17) is 0 Å². The normalized spacial score (nSPS) is 10.8. The molecule has 0 aliphatic heterocycles. The topological polar surface area (TPSA) is 85.6 Å². The number of benzene rings is 2. The first kappa shape index (κ1) is 21.2. The van der Waals surface area contributed by atoms with Gasteiger partial charge in [-0.1, -0.05) is 58.0 Å². The molecule has 9 heteroatoms. The van der Waals surface area contributed by atoms with Gasteiger partial charge < -0.3 is 5.32 Å². The number of hydrogen-bond acceptors (Lipinski definition) is 6. The molecule has 4 aromatic rings. The number of amides is 1. The number of carbonyl (C=O) groups is 1. The molecule has 2 aromatic carbocycles. The zero-order valence-electron chi connectivity index (χ0n) is 16.7. The number of rotatable bonds is 7. The molecule has 0 bridgehead atoms.